The molecule has 0 bridgehead atoms. The van der Waals surface area contributed by atoms with Crippen LogP contribution < -0.4 is 0 Å². The number of hydrogen-bond donors (Lipinski definition) is 1. The Morgan fingerprint density at radius 1 is 1.35 bits per heavy atom. The van der Waals surface area contributed by atoms with E-state index in [2.05, 4.69) is 0 Å². The van der Waals surface area contributed by atoms with Crippen molar-refractivity contribution in [1.29, 1.82) is 0 Å². The summed E-state index contributed by atoms with van der Waals surface area (Å²) in [5.74, 6) is -1.34. The molecule has 3 heterocycles. The van der Waals surface area contributed by atoms with Gasteiger partial charge < -0.3 is 14.2 Å². The molecule has 1 atom stereocenters. The van der Waals surface area contributed by atoms with Gasteiger partial charge in [0, 0.05) is 25.5 Å². The zero-order valence-corrected chi connectivity index (χ0v) is 13.6. The van der Waals surface area contributed by atoms with Gasteiger partial charge in [-0.05, 0) is 43.0 Å². The average molecular weight is 314 g/mol. The van der Waals surface area contributed by atoms with Crippen molar-refractivity contribution < 1.29 is 14.7 Å². The van der Waals surface area contributed by atoms with E-state index in [1.165, 1.54) is 0 Å². The number of hydrogen-bond acceptors (Lipinski definition) is 2. The summed E-state index contributed by atoms with van der Waals surface area (Å²) in [4.78, 5) is 24.7. The minimum atomic E-state index is -0.800. The van der Waals surface area contributed by atoms with Gasteiger partial charge in [0.2, 0.25) is 5.78 Å². The van der Waals surface area contributed by atoms with Gasteiger partial charge in [-0.25, -0.2) is 0 Å². The maximum atomic E-state index is 13.0. The van der Waals surface area contributed by atoms with Crippen LogP contribution in [0.5, 0.6) is 0 Å². The maximum Gasteiger partial charge on any atom is 0.312 e. The Morgan fingerprint density at radius 3 is 2.74 bits per heavy atom. The van der Waals surface area contributed by atoms with Crippen molar-refractivity contribution in [3.8, 4) is 0 Å². The lowest BCUT2D eigenvalue weighted by molar-refractivity contribution is -0.139. The summed E-state index contributed by atoms with van der Waals surface area (Å²) in [6.45, 7) is 2.72. The molecule has 5 nitrogen and oxygen atoms in total. The number of aryl methyl sites for hydroxylation is 2. The van der Waals surface area contributed by atoms with Crippen molar-refractivity contribution in [3.05, 3.63) is 47.0 Å². The molecule has 0 spiro atoms. The number of carboxylic acids is 1. The van der Waals surface area contributed by atoms with Crippen molar-refractivity contribution >= 4 is 11.8 Å². The third-order valence-corrected chi connectivity index (χ3v) is 4.76. The van der Waals surface area contributed by atoms with E-state index >= 15 is 0 Å². The van der Waals surface area contributed by atoms with E-state index in [4.69, 9.17) is 0 Å². The topological polar surface area (TPSA) is 64.2 Å². The number of fused-ring (bicyclic) bond motifs is 1. The molecule has 0 fully saturated rings. The number of carboxylic acid groups (broad SMARTS) is 1. The van der Waals surface area contributed by atoms with E-state index in [9.17, 15) is 14.7 Å². The quantitative estimate of drug-likeness (QED) is 0.882. The molecule has 1 unspecified atom stereocenters. The number of carbonyl (C=O) groups excluding carboxylic acids is 1. The third kappa shape index (κ3) is 2.60. The fourth-order valence-electron chi connectivity index (χ4n) is 3.53. The van der Waals surface area contributed by atoms with Crippen LogP contribution in [0.2, 0.25) is 0 Å². The zero-order chi connectivity index (χ0) is 16.6. The molecule has 0 aliphatic carbocycles. The number of aliphatic carboxylic acids is 1. The van der Waals surface area contributed by atoms with Gasteiger partial charge in [0.1, 0.15) is 0 Å². The molecular formula is C18H22N2O3. The second-order valence-electron chi connectivity index (χ2n) is 6.17. The van der Waals surface area contributed by atoms with Crippen LogP contribution in [0.3, 0.4) is 0 Å². The summed E-state index contributed by atoms with van der Waals surface area (Å²) < 4.78 is 3.77. The number of nitrogens with zero attached hydrogens (tertiary/aromatic N) is 2. The highest BCUT2D eigenvalue weighted by Crippen LogP contribution is 2.32. The highest BCUT2D eigenvalue weighted by atomic mass is 16.4. The first-order valence-corrected chi connectivity index (χ1v) is 8.15. The molecule has 5 heteroatoms. The Balaban J connectivity index is 2.15. The van der Waals surface area contributed by atoms with Crippen molar-refractivity contribution in [2.45, 2.75) is 45.1 Å². The van der Waals surface area contributed by atoms with Gasteiger partial charge in [-0.15, -0.1) is 0 Å². The normalized spacial score (nSPS) is 17.6. The average Bonchev–Trinajstić information content (AvgIpc) is 3.04. The first-order chi connectivity index (χ1) is 11.0. The van der Waals surface area contributed by atoms with Gasteiger partial charge in [-0.2, -0.15) is 0 Å². The van der Waals surface area contributed by atoms with E-state index in [1.54, 1.807) is 0 Å². The smallest absolute Gasteiger partial charge is 0.312 e. The molecule has 2 aromatic heterocycles. The minimum absolute atomic E-state index is 0.0216. The van der Waals surface area contributed by atoms with E-state index < -0.39 is 11.9 Å². The van der Waals surface area contributed by atoms with Gasteiger partial charge >= 0.3 is 5.97 Å². The summed E-state index contributed by atoms with van der Waals surface area (Å²) >= 11 is 0. The Labute approximate surface area is 135 Å². The molecule has 3 rings (SSSR count). The molecule has 0 radical (unpaired) electrons. The molecule has 23 heavy (non-hydrogen) atoms. The second-order valence-corrected chi connectivity index (χ2v) is 6.17. The number of carbonyl (C=O) groups is 2. The summed E-state index contributed by atoms with van der Waals surface area (Å²) in [6.07, 6.45) is 4.99. The molecule has 0 amide bonds. The van der Waals surface area contributed by atoms with Crippen LogP contribution in [0.1, 0.15) is 59.5 Å². The van der Waals surface area contributed by atoms with Gasteiger partial charge in [0.25, 0.3) is 0 Å². The largest absolute Gasteiger partial charge is 0.481 e. The molecular weight excluding hydrogens is 292 g/mol. The molecule has 1 N–H and O–H groups in total. The lowest BCUT2D eigenvalue weighted by atomic mass is 9.99. The van der Waals surface area contributed by atoms with E-state index in [0.717, 1.165) is 30.5 Å². The summed E-state index contributed by atoms with van der Waals surface area (Å²) in [5, 5.41) is 9.55. The van der Waals surface area contributed by atoms with Crippen LogP contribution in [0.4, 0.5) is 0 Å². The Morgan fingerprint density at radius 2 is 2.13 bits per heavy atom. The fourth-order valence-corrected chi connectivity index (χ4v) is 3.53. The molecule has 0 saturated carbocycles. The van der Waals surface area contributed by atoms with Gasteiger partial charge in [0.05, 0.1) is 17.3 Å². The Bertz CT molecular complexity index is 754. The highest BCUT2D eigenvalue weighted by molar-refractivity contribution is 6.08. The van der Waals surface area contributed by atoms with Gasteiger partial charge in [-0.1, -0.05) is 13.3 Å². The number of ketones is 1. The van der Waals surface area contributed by atoms with E-state index in [-0.39, 0.29) is 5.78 Å². The molecule has 0 saturated heterocycles. The van der Waals surface area contributed by atoms with Crippen LogP contribution in [-0.2, 0) is 24.8 Å². The Kier molecular flexibility index (Phi) is 4.11. The van der Waals surface area contributed by atoms with E-state index in [0.29, 0.717) is 24.4 Å². The van der Waals surface area contributed by atoms with Gasteiger partial charge in [0.15, 0.2) is 0 Å². The summed E-state index contributed by atoms with van der Waals surface area (Å²) in [7, 11) is 1.85. The molecule has 0 aromatic carbocycles. The van der Waals surface area contributed by atoms with E-state index in [1.807, 2.05) is 47.5 Å². The minimum Gasteiger partial charge on any atom is -0.481 e. The maximum absolute atomic E-state index is 13.0. The molecule has 1 aliphatic rings. The van der Waals surface area contributed by atoms with Crippen molar-refractivity contribution in [2.75, 3.05) is 0 Å². The van der Waals surface area contributed by atoms with Crippen molar-refractivity contribution in [2.24, 2.45) is 7.05 Å². The van der Waals surface area contributed by atoms with Crippen LogP contribution in [-0.4, -0.2) is 26.0 Å². The van der Waals surface area contributed by atoms with Crippen LogP contribution >= 0.6 is 0 Å². The van der Waals surface area contributed by atoms with Crippen LogP contribution in [0.25, 0.3) is 0 Å². The van der Waals surface area contributed by atoms with Crippen molar-refractivity contribution in [1.82, 2.24) is 9.13 Å². The number of aromatic nitrogens is 2. The molecule has 1 aliphatic heterocycles. The third-order valence-electron chi connectivity index (χ3n) is 4.76. The van der Waals surface area contributed by atoms with Crippen molar-refractivity contribution in [3.63, 3.8) is 0 Å². The monoisotopic (exact) mass is 314 g/mol. The fraction of sp³-hybridized carbons (Fsp3) is 0.444. The highest BCUT2D eigenvalue weighted by Gasteiger charge is 2.31. The lowest BCUT2D eigenvalue weighted by Crippen LogP contribution is -2.18. The van der Waals surface area contributed by atoms with Crippen LogP contribution in [0, 0.1) is 0 Å². The Hall–Kier alpha value is -2.30. The van der Waals surface area contributed by atoms with Crippen LogP contribution in [0.15, 0.2) is 24.4 Å². The summed E-state index contributed by atoms with van der Waals surface area (Å²) in [6, 6.07) is 5.60. The molecule has 122 valence electrons. The number of rotatable bonds is 4. The first kappa shape index (κ1) is 15.6. The summed E-state index contributed by atoms with van der Waals surface area (Å²) in [5.41, 5.74) is 3.03. The lowest BCUT2D eigenvalue weighted by Gasteiger charge is -2.14. The molecule has 2 aromatic rings. The zero-order valence-electron chi connectivity index (χ0n) is 13.6. The second kappa shape index (κ2) is 6.07. The predicted molar refractivity (Wildman–Crippen MR) is 86.9 cm³/mol. The van der Waals surface area contributed by atoms with Gasteiger partial charge in [-0.3, -0.25) is 9.59 Å². The first-order valence-electron chi connectivity index (χ1n) is 8.15. The predicted octanol–water partition coefficient (Wildman–Crippen LogP) is 2.97. The SMILES string of the molecule is CCc1cc2n(c1C(=O)c1cccn1C)CCCCC2C(=O)O. The standard InChI is InChI=1S/C18H22N2O3/c1-3-12-11-15-13(18(22)23)7-4-5-10-20(15)16(12)17(21)14-8-6-9-19(14)2/h6,8-9,11,13H,3-5,7,10H2,1-2H3,(H,22,23).